The van der Waals surface area contributed by atoms with Crippen LogP contribution in [0.3, 0.4) is 0 Å². The van der Waals surface area contributed by atoms with Crippen LogP contribution in [0.2, 0.25) is 0 Å². The zero-order valence-electron chi connectivity index (χ0n) is 7.52. The molecule has 0 nitrogen and oxygen atoms in total. The van der Waals surface area contributed by atoms with Crippen LogP contribution >= 0.6 is 24.8 Å². The standard InChI is InChI=1S/C9H13.2ClH.Ti/c1-3-8-6-5-7-9(8)4-2;;;/h6H,3-4,7H2,1-2H3;2*1H;/q-1;;;. The van der Waals surface area contributed by atoms with Crippen molar-refractivity contribution in [2.24, 2.45) is 0 Å². The molecule has 0 N–H and O–H groups in total. The van der Waals surface area contributed by atoms with Crippen LogP contribution in [0.25, 0.3) is 0 Å². The van der Waals surface area contributed by atoms with Crippen LogP contribution < -0.4 is 0 Å². The third kappa shape index (κ3) is 4.72. The third-order valence-electron chi connectivity index (χ3n) is 1.85. The second-order valence-corrected chi connectivity index (χ2v) is 2.36. The average Bonchev–Trinajstić information content (AvgIpc) is 2.33. The summed E-state index contributed by atoms with van der Waals surface area (Å²) in [5.74, 6) is 0. The van der Waals surface area contributed by atoms with Gasteiger partial charge in [-0.05, 0) is 0 Å². The molecule has 0 aromatic carbocycles. The van der Waals surface area contributed by atoms with Gasteiger partial charge in [0.15, 0.2) is 0 Å². The number of rotatable bonds is 2. The third-order valence-corrected chi connectivity index (χ3v) is 1.85. The maximum Gasteiger partial charge on any atom is 0 e. The van der Waals surface area contributed by atoms with E-state index >= 15 is 0 Å². The van der Waals surface area contributed by atoms with Crippen molar-refractivity contribution in [2.75, 3.05) is 0 Å². The predicted molar refractivity (Wildman–Crippen MR) is 54.5 cm³/mol. The van der Waals surface area contributed by atoms with Crippen LogP contribution in [-0.4, -0.2) is 0 Å². The zero-order valence-corrected chi connectivity index (χ0v) is 10.7. The van der Waals surface area contributed by atoms with E-state index in [0.717, 1.165) is 6.42 Å². The van der Waals surface area contributed by atoms with Gasteiger partial charge >= 0.3 is 0 Å². The molecule has 1 rings (SSSR count). The summed E-state index contributed by atoms with van der Waals surface area (Å²) in [7, 11) is 0. The molecule has 3 heteroatoms. The number of hydrogen-bond donors (Lipinski definition) is 0. The Labute approximate surface area is 103 Å². The van der Waals surface area contributed by atoms with Crippen molar-refractivity contribution in [1.29, 1.82) is 0 Å². The van der Waals surface area contributed by atoms with Crippen LogP contribution in [-0.2, 0) is 21.7 Å². The molecule has 0 bridgehead atoms. The fraction of sp³-hybridized carbons (Fsp3) is 0.556. The molecule has 0 saturated heterocycles. The molecule has 0 heterocycles. The molecule has 70 valence electrons. The Kier molecular flexibility index (Phi) is 15.2. The van der Waals surface area contributed by atoms with Crippen LogP contribution in [0, 0.1) is 6.08 Å². The molecule has 12 heavy (non-hydrogen) atoms. The summed E-state index contributed by atoms with van der Waals surface area (Å²) in [6.45, 7) is 4.42. The Bertz CT molecular complexity index is 162. The van der Waals surface area contributed by atoms with Gasteiger partial charge in [0.1, 0.15) is 0 Å². The van der Waals surface area contributed by atoms with Gasteiger partial charge in [0.2, 0.25) is 0 Å². The summed E-state index contributed by atoms with van der Waals surface area (Å²) in [5, 5.41) is 0. The first-order valence-electron chi connectivity index (χ1n) is 3.66. The van der Waals surface area contributed by atoms with Crippen molar-refractivity contribution in [2.45, 2.75) is 33.1 Å². The molecule has 0 aromatic rings. The summed E-state index contributed by atoms with van der Waals surface area (Å²) >= 11 is 0. The topological polar surface area (TPSA) is 0 Å². The summed E-state index contributed by atoms with van der Waals surface area (Å²) in [6, 6.07) is 0. The van der Waals surface area contributed by atoms with Crippen LogP contribution in [0.5, 0.6) is 0 Å². The molecule has 0 amide bonds. The summed E-state index contributed by atoms with van der Waals surface area (Å²) < 4.78 is 0. The Hall–Kier alpha value is 0.774. The minimum Gasteiger partial charge on any atom is -0.272 e. The van der Waals surface area contributed by atoms with Crippen LogP contribution in [0.15, 0.2) is 17.2 Å². The van der Waals surface area contributed by atoms with Gasteiger partial charge in [-0.2, -0.15) is 11.1 Å². The quantitative estimate of drug-likeness (QED) is 0.511. The molecule has 0 aromatic heterocycles. The second-order valence-electron chi connectivity index (χ2n) is 2.36. The van der Waals surface area contributed by atoms with Gasteiger partial charge in [-0.25, -0.2) is 6.08 Å². The largest absolute Gasteiger partial charge is 0.272 e. The van der Waals surface area contributed by atoms with Gasteiger partial charge in [0.25, 0.3) is 0 Å². The van der Waals surface area contributed by atoms with Crippen molar-refractivity contribution in [3.63, 3.8) is 0 Å². The van der Waals surface area contributed by atoms with E-state index in [2.05, 4.69) is 26.0 Å². The first kappa shape index (κ1) is 18.5. The van der Waals surface area contributed by atoms with E-state index in [0.29, 0.717) is 0 Å². The van der Waals surface area contributed by atoms with Crippen molar-refractivity contribution < 1.29 is 21.7 Å². The molecule has 0 radical (unpaired) electrons. The van der Waals surface area contributed by atoms with E-state index in [-0.39, 0.29) is 46.5 Å². The monoisotopic (exact) mass is 241 g/mol. The van der Waals surface area contributed by atoms with Crippen molar-refractivity contribution in [3.05, 3.63) is 23.3 Å². The molecular weight excluding hydrogens is 227 g/mol. The zero-order chi connectivity index (χ0) is 6.69. The molecule has 1 aliphatic rings. The van der Waals surface area contributed by atoms with Gasteiger partial charge in [-0.1, -0.05) is 26.7 Å². The molecular formula is C9H15Cl2Ti-. The average molecular weight is 242 g/mol. The first-order valence-corrected chi connectivity index (χ1v) is 3.66. The van der Waals surface area contributed by atoms with Crippen LogP contribution in [0.1, 0.15) is 33.1 Å². The Balaban J connectivity index is -0.000000270. The minimum absolute atomic E-state index is 0. The smallest absolute Gasteiger partial charge is 0 e. The maximum atomic E-state index is 3.23. The van der Waals surface area contributed by atoms with E-state index in [1.54, 1.807) is 5.57 Å². The molecule has 1 aliphatic carbocycles. The Morgan fingerprint density at radius 2 is 1.83 bits per heavy atom. The molecule has 0 aliphatic heterocycles. The van der Waals surface area contributed by atoms with Gasteiger partial charge < -0.3 is 0 Å². The fourth-order valence-corrected chi connectivity index (χ4v) is 1.22. The number of hydrogen-bond acceptors (Lipinski definition) is 0. The SMILES string of the molecule is CCC1=C(CC)C[C-]=C1.Cl.Cl.[Ti]. The summed E-state index contributed by atoms with van der Waals surface area (Å²) in [4.78, 5) is 0. The maximum absolute atomic E-state index is 3.23. The number of allylic oxidation sites excluding steroid dienone is 4. The van der Waals surface area contributed by atoms with E-state index in [1.165, 1.54) is 18.4 Å². The van der Waals surface area contributed by atoms with Gasteiger partial charge in [-0.3, -0.25) is 6.08 Å². The van der Waals surface area contributed by atoms with E-state index in [1.807, 2.05) is 0 Å². The first-order chi connectivity index (χ1) is 4.38. The number of halogens is 2. The van der Waals surface area contributed by atoms with Gasteiger partial charge in [0.05, 0.1) is 0 Å². The van der Waals surface area contributed by atoms with Gasteiger partial charge in [0, 0.05) is 21.7 Å². The van der Waals surface area contributed by atoms with E-state index < -0.39 is 0 Å². The Morgan fingerprint density at radius 1 is 1.25 bits per heavy atom. The van der Waals surface area contributed by atoms with E-state index in [9.17, 15) is 0 Å². The Morgan fingerprint density at radius 3 is 2.17 bits per heavy atom. The second kappa shape index (κ2) is 9.86. The van der Waals surface area contributed by atoms with Crippen molar-refractivity contribution >= 4 is 24.8 Å². The van der Waals surface area contributed by atoms with Crippen molar-refractivity contribution in [1.82, 2.24) is 0 Å². The molecule has 0 spiro atoms. The van der Waals surface area contributed by atoms with E-state index in [4.69, 9.17) is 0 Å². The van der Waals surface area contributed by atoms with Gasteiger partial charge in [-0.15, -0.1) is 31.2 Å². The summed E-state index contributed by atoms with van der Waals surface area (Å²) in [5.41, 5.74) is 3.09. The fourth-order valence-electron chi connectivity index (χ4n) is 1.22. The van der Waals surface area contributed by atoms with Crippen molar-refractivity contribution in [3.8, 4) is 0 Å². The molecule has 0 fully saturated rings. The minimum atomic E-state index is 0. The van der Waals surface area contributed by atoms with Crippen LogP contribution in [0.4, 0.5) is 0 Å². The molecule has 0 unspecified atom stereocenters. The predicted octanol–water partition coefficient (Wildman–Crippen LogP) is 3.71. The molecule has 0 saturated carbocycles. The normalized spacial score (nSPS) is 13.2. The summed E-state index contributed by atoms with van der Waals surface area (Å²) in [6.07, 6.45) is 8.82. The molecule has 0 atom stereocenters.